The van der Waals surface area contributed by atoms with E-state index in [2.05, 4.69) is 17.0 Å². The van der Waals surface area contributed by atoms with E-state index in [-0.39, 0.29) is 17.2 Å². The van der Waals surface area contributed by atoms with Crippen molar-refractivity contribution in [1.82, 2.24) is 24.5 Å². The summed E-state index contributed by atoms with van der Waals surface area (Å²) in [6, 6.07) is 9.03. The molecule has 1 aromatic heterocycles. The van der Waals surface area contributed by atoms with Gasteiger partial charge in [-0.05, 0) is 50.2 Å². The fourth-order valence-corrected chi connectivity index (χ4v) is 4.68. The normalized spacial score (nSPS) is 18.9. The number of carbonyl (C=O) groups is 2. The van der Waals surface area contributed by atoms with Crippen LogP contribution in [0, 0.1) is 5.41 Å². The average molecular weight is 474 g/mol. The number of carbonyl (C=O) groups excluding carboxylic acids is 2. The number of nitrogens with zero attached hydrogens (tertiary/aromatic N) is 5. The number of ether oxygens (including phenoxy) is 1. The molecular weight excluding hydrogens is 442 g/mol. The maximum Gasteiger partial charge on any atom is 0.272 e. The van der Waals surface area contributed by atoms with Crippen molar-refractivity contribution >= 4 is 23.4 Å². The first kappa shape index (κ1) is 23.6. The van der Waals surface area contributed by atoms with Crippen LogP contribution in [0.2, 0.25) is 5.02 Å². The van der Waals surface area contributed by atoms with Gasteiger partial charge >= 0.3 is 0 Å². The van der Waals surface area contributed by atoms with Crippen molar-refractivity contribution in [3.63, 3.8) is 0 Å². The van der Waals surface area contributed by atoms with Gasteiger partial charge in [-0.15, -0.1) is 0 Å². The molecule has 0 N–H and O–H groups in total. The molecule has 0 bridgehead atoms. The molecule has 8 nitrogen and oxygen atoms in total. The molecule has 33 heavy (non-hydrogen) atoms. The number of likely N-dealkylation sites (N-methyl/N-ethyl adjacent to an activating group) is 1. The summed E-state index contributed by atoms with van der Waals surface area (Å²) >= 11 is 6.00. The Kier molecular flexibility index (Phi) is 7.24. The average Bonchev–Trinajstić information content (AvgIpc) is 3.25. The third kappa shape index (κ3) is 5.68. The van der Waals surface area contributed by atoms with Crippen LogP contribution < -0.4 is 4.74 Å². The van der Waals surface area contributed by atoms with Crippen molar-refractivity contribution in [3.05, 3.63) is 47.2 Å². The van der Waals surface area contributed by atoms with Gasteiger partial charge in [-0.1, -0.05) is 11.6 Å². The number of hydrogen-bond acceptors (Lipinski definition) is 5. The fraction of sp³-hybridized carbons (Fsp3) is 0.542. The Labute approximate surface area is 200 Å². The lowest BCUT2D eigenvalue weighted by atomic mass is 9.75. The summed E-state index contributed by atoms with van der Waals surface area (Å²) in [5.41, 5.74) is 0.261. The van der Waals surface area contributed by atoms with Gasteiger partial charge in [0, 0.05) is 69.4 Å². The third-order valence-corrected chi connectivity index (χ3v) is 7.14. The Hall–Kier alpha value is -2.58. The van der Waals surface area contributed by atoms with Gasteiger partial charge in [-0.25, -0.2) is 0 Å². The Morgan fingerprint density at radius 1 is 0.970 bits per heavy atom. The minimum atomic E-state index is -0.316. The van der Waals surface area contributed by atoms with Crippen molar-refractivity contribution in [1.29, 1.82) is 0 Å². The van der Waals surface area contributed by atoms with E-state index in [1.807, 2.05) is 21.9 Å². The van der Waals surface area contributed by atoms with Crippen LogP contribution in [0.3, 0.4) is 0 Å². The van der Waals surface area contributed by atoms with E-state index >= 15 is 0 Å². The Morgan fingerprint density at radius 3 is 2.24 bits per heavy atom. The number of halogens is 1. The zero-order valence-corrected chi connectivity index (χ0v) is 20.1. The topological polar surface area (TPSA) is 70.9 Å². The Bertz CT molecular complexity index is 961. The molecule has 2 saturated heterocycles. The molecule has 2 aliphatic rings. The molecule has 0 unspecified atom stereocenters. The summed E-state index contributed by atoms with van der Waals surface area (Å²) in [7, 11) is 3.86. The van der Waals surface area contributed by atoms with E-state index in [1.165, 1.54) is 0 Å². The van der Waals surface area contributed by atoms with Gasteiger partial charge in [0.05, 0.1) is 6.61 Å². The highest BCUT2D eigenvalue weighted by atomic mass is 35.5. The summed E-state index contributed by atoms with van der Waals surface area (Å²) in [6.07, 6.45) is 3.49. The lowest BCUT2D eigenvalue weighted by molar-refractivity contribution is -0.136. The van der Waals surface area contributed by atoms with E-state index in [9.17, 15) is 9.59 Å². The lowest BCUT2D eigenvalue weighted by Gasteiger charge is -2.42. The molecule has 0 aliphatic carbocycles. The second-order valence-electron chi connectivity index (χ2n) is 9.24. The van der Waals surface area contributed by atoms with Gasteiger partial charge in [0.25, 0.3) is 5.91 Å². The molecule has 4 rings (SSSR count). The lowest BCUT2D eigenvalue weighted by Crippen LogP contribution is -2.51. The number of piperidine rings is 1. The van der Waals surface area contributed by atoms with Crippen molar-refractivity contribution in [2.24, 2.45) is 12.5 Å². The molecule has 0 atom stereocenters. The maximum absolute atomic E-state index is 13.2. The molecule has 0 spiro atoms. The fourth-order valence-electron chi connectivity index (χ4n) is 4.56. The van der Waals surface area contributed by atoms with Crippen LogP contribution in [-0.4, -0.2) is 89.2 Å². The molecule has 2 aromatic rings. The van der Waals surface area contributed by atoms with Gasteiger partial charge in [0.15, 0.2) is 0 Å². The Morgan fingerprint density at radius 2 is 1.64 bits per heavy atom. The number of piperazine rings is 1. The predicted octanol–water partition coefficient (Wildman–Crippen LogP) is 2.54. The first-order valence-corrected chi connectivity index (χ1v) is 11.8. The second-order valence-corrected chi connectivity index (χ2v) is 9.67. The van der Waals surface area contributed by atoms with Crippen molar-refractivity contribution in [2.75, 3.05) is 52.9 Å². The first-order chi connectivity index (χ1) is 15.8. The third-order valence-electron chi connectivity index (χ3n) is 6.89. The quantitative estimate of drug-likeness (QED) is 0.644. The minimum absolute atomic E-state index is 0.0207. The second kappa shape index (κ2) is 10.1. The van der Waals surface area contributed by atoms with Crippen LogP contribution in [0.4, 0.5) is 0 Å². The molecule has 2 amide bonds. The zero-order chi connectivity index (χ0) is 23.4. The molecule has 178 valence electrons. The monoisotopic (exact) mass is 473 g/mol. The van der Waals surface area contributed by atoms with Gasteiger partial charge in [0.1, 0.15) is 11.4 Å². The predicted molar refractivity (Wildman–Crippen MR) is 126 cm³/mol. The SMILES string of the molecule is CN1CCN(C(=O)CC2(COc3ccc(Cl)cc3)CCN(C(=O)c3ccnn3C)CC2)CC1. The highest BCUT2D eigenvalue weighted by Crippen LogP contribution is 2.37. The number of benzene rings is 1. The largest absolute Gasteiger partial charge is 0.493 e. The maximum atomic E-state index is 13.2. The molecule has 9 heteroatoms. The van der Waals surface area contributed by atoms with E-state index in [4.69, 9.17) is 16.3 Å². The van der Waals surface area contributed by atoms with Crippen molar-refractivity contribution in [3.8, 4) is 5.75 Å². The van der Waals surface area contributed by atoms with E-state index in [1.54, 1.807) is 36.1 Å². The number of rotatable bonds is 6. The molecule has 0 radical (unpaired) electrons. The number of aromatic nitrogens is 2. The summed E-state index contributed by atoms with van der Waals surface area (Å²) in [5.74, 6) is 0.890. The standard InChI is InChI=1S/C24H32ClN5O3/c1-27-13-15-29(16-14-27)22(31)17-24(18-33-20-5-3-19(25)4-6-20)8-11-30(12-9-24)23(32)21-7-10-26-28(21)2/h3-7,10H,8-9,11-18H2,1-2H3. The molecule has 2 aliphatic heterocycles. The number of likely N-dealkylation sites (tertiary alicyclic amines) is 1. The van der Waals surface area contributed by atoms with Crippen LogP contribution in [0.1, 0.15) is 29.8 Å². The summed E-state index contributed by atoms with van der Waals surface area (Å²) in [4.78, 5) is 32.2. The van der Waals surface area contributed by atoms with Crippen LogP contribution in [-0.2, 0) is 11.8 Å². The van der Waals surface area contributed by atoms with Crippen LogP contribution >= 0.6 is 11.6 Å². The first-order valence-electron chi connectivity index (χ1n) is 11.5. The van der Waals surface area contributed by atoms with E-state index < -0.39 is 0 Å². The molecular formula is C24H32ClN5O3. The van der Waals surface area contributed by atoms with E-state index in [0.717, 1.165) is 31.9 Å². The highest BCUT2D eigenvalue weighted by Gasteiger charge is 2.40. The molecule has 3 heterocycles. The smallest absolute Gasteiger partial charge is 0.272 e. The van der Waals surface area contributed by atoms with E-state index in [0.29, 0.717) is 49.7 Å². The summed E-state index contributed by atoms with van der Waals surface area (Å²) in [6.45, 7) is 4.92. The van der Waals surface area contributed by atoms with Gasteiger partial charge in [0.2, 0.25) is 5.91 Å². The van der Waals surface area contributed by atoms with Gasteiger partial charge < -0.3 is 19.4 Å². The number of aryl methyl sites for hydroxylation is 1. The van der Waals surface area contributed by atoms with Crippen LogP contribution in [0.25, 0.3) is 0 Å². The molecule has 0 saturated carbocycles. The molecule has 1 aromatic carbocycles. The number of amides is 2. The summed E-state index contributed by atoms with van der Waals surface area (Å²) < 4.78 is 7.74. The minimum Gasteiger partial charge on any atom is -0.493 e. The van der Waals surface area contributed by atoms with Gasteiger partial charge in [-0.3, -0.25) is 14.3 Å². The highest BCUT2D eigenvalue weighted by molar-refractivity contribution is 6.30. The summed E-state index contributed by atoms with van der Waals surface area (Å²) in [5, 5.41) is 4.77. The van der Waals surface area contributed by atoms with Crippen molar-refractivity contribution < 1.29 is 14.3 Å². The molecule has 2 fully saturated rings. The van der Waals surface area contributed by atoms with Crippen LogP contribution in [0.15, 0.2) is 36.5 Å². The van der Waals surface area contributed by atoms with Crippen LogP contribution in [0.5, 0.6) is 5.75 Å². The number of hydrogen-bond donors (Lipinski definition) is 0. The Balaban J connectivity index is 1.44. The van der Waals surface area contributed by atoms with Gasteiger partial charge in [-0.2, -0.15) is 5.10 Å². The zero-order valence-electron chi connectivity index (χ0n) is 19.4. The van der Waals surface area contributed by atoms with Crippen molar-refractivity contribution in [2.45, 2.75) is 19.3 Å².